The van der Waals surface area contributed by atoms with Crippen LogP contribution in [0.2, 0.25) is 0 Å². The van der Waals surface area contributed by atoms with Gasteiger partial charge in [-0.15, -0.1) is 0 Å². The van der Waals surface area contributed by atoms with Crippen molar-refractivity contribution in [3.8, 4) is 6.01 Å². The van der Waals surface area contributed by atoms with Crippen LogP contribution in [0.3, 0.4) is 0 Å². The average molecular weight is 446 g/mol. The van der Waals surface area contributed by atoms with Gasteiger partial charge in [0.1, 0.15) is 12.0 Å². The molecule has 0 radical (unpaired) electrons. The summed E-state index contributed by atoms with van der Waals surface area (Å²) in [6.07, 6.45) is 7.02. The zero-order valence-electron chi connectivity index (χ0n) is 18.3. The van der Waals surface area contributed by atoms with Gasteiger partial charge in [-0.3, -0.25) is 4.98 Å². The molecule has 0 atom stereocenters. The molecule has 168 valence electrons. The van der Waals surface area contributed by atoms with Crippen molar-refractivity contribution in [2.75, 3.05) is 61.6 Å². The third kappa shape index (κ3) is 6.24. The molecule has 0 aliphatic carbocycles. The van der Waals surface area contributed by atoms with Gasteiger partial charge in [-0.05, 0) is 43.5 Å². The average Bonchev–Trinajstić information content (AvgIpc) is 2.80. The lowest BCUT2D eigenvalue weighted by Gasteiger charge is -2.25. The fourth-order valence-electron chi connectivity index (χ4n) is 3.41. The molecule has 1 aliphatic rings. The predicted octanol–water partition coefficient (Wildman–Crippen LogP) is 1.59. The van der Waals surface area contributed by atoms with E-state index in [4.69, 9.17) is 15.5 Å². The third-order valence-corrected chi connectivity index (χ3v) is 7.53. The maximum absolute atomic E-state index is 11.4. The molecule has 31 heavy (non-hydrogen) atoms. The van der Waals surface area contributed by atoms with Crippen LogP contribution < -0.4 is 31.4 Å². The van der Waals surface area contributed by atoms with Crippen LogP contribution in [0.5, 0.6) is 6.01 Å². The number of aromatic nitrogens is 3. The third-order valence-electron chi connectivity index (χ3n) is 5.09. The van der Waals surface area contributed by atoms with E-state index in [2.05, 4.69) is 39.7 Å². The van der Waals surface area contributed by atoms with E-state index in [9.17, 15) is 4.79 Å². The van der Waals surface area contributed by atoms with Crippen molar-refractivity contribution >= 4 is 37.0 Å². The van der Waals surface area contributed by atoms with Gasteiger partial charge in [0, 0.05) is 19.8 Å². The Bertz CT molecular complexity index is 844. The normalized spacial score (nSPS) is 14.3. The predicted molar refractivity (Wildman–Crippen MR) is 127 cm³/mol. The van der Waals surface area contributed by atoms with Crippen LogP contribution in [-0.4, -0.2) is 66.9 Å². The van der Waals surface area contributed by atoms with E-state index in [-0.39, 0.29) is 26.3 Å². The smallest absolute Gasteiger partial charge is 0.320 e. The molecule has 1 aliphatic heterocycles. The molecular weight excluding hydrogens is 413 g/mol. The van der Waals surface area contributed by atoms with Crippen LogP contribution in [0.4, 0.5) is 17.3 Å². The molecule has 0 bridgehead atoms. The molecule has 0 spiro atoms. The number of nitrogen functional groups attached to an aromatic ring is 1. The minimum Gasteiger partial charge on any atom is -0.463 e. The first kappa shape index (κ1) is 23.2. The first-order valence-corrected chi connectivity index (χ1v) is 12.4. The van der Waals surface area contributed by atoms with E-state index in [1.165, 1.54) is 17.8 Å². The minimum absolute atomic E-state index is 0.166. The van der Waals surface area contributed by atoms with E-state index in [0.29, 0.717) is 24.7 Å². The number of carbonyl (C=O) groups excluding carboxylic acids is 1. The molecule has 3 heterocycles. The number of aldehydes is 1. The van der Waals surface area contributed by atoms with Gasteiger partial charge in [0.15, 0.2) is 11.6 Å². The highest BCUT2D eigenvalue weighted by atomic mass is 31.1. The van der Waals surface area contributed by atoms with E-state index < -0.39 is 0 Å². The summed E-state index contributed by atoms with van der Waals surface area (Å²) in [4.78, 5) is 26.8. The van der Waals surface area contributed by atoms with E-state index in [0.717, 1.165) is 37.8 Å². The zero-order valence-corrected chi connectivity index (χ0v) is 19.2. The molecule has 0 amide bonds. The van der Waals surface area contributed by atoms with Crippen molar-refractivity contribution in [3.05, 3.63) is 23.9 Å². The molecule has 9 nitrogen and oxygen atoms in total. The highest BCUT2D eigenvalue weighted by Gasteiger charge is 2.20. The van der Waals surface area contributed by atoms with Gasteiger partial charge < -0.3 is 30.8 Å². The summed E-state index contributed by atoms with van der Waals surface area (Å²) >= 11 is 0. The van der Waals surface area contributed by atoms with Crippen LogP contribution in [0.1, 0.15) is 25.3 Å². The molecule has 0 saturated carbocycles. The Hall–Kier alpha value is -2.51. The van der Waals surface area contributed by atoms with Crippen molar-refractivity contribution in [2.24, 2.45) is 0 Å². The summed E-state index contributed by atoms with van der Waals surface area (Å²) in [6, 6.07) is 4.43. The molecular formula is C21H32N7O2P. The lowest BCUT2D eigenvalue weighted by Crippen LogP contribution is -2.31. The number of rotatable bonds is 11. The summed E-state index contributed by atoms with van der Waals surface area (Å²) in [5.41, 5.74) is 8.91. The fraction of sp³-hybridized carbons (Fsp3) is 0.524. The Kier molecular flexibility index (Phi) is 8.79. The number of hydrogen-bond donors (Lipinski definition) is 3. The maximum atomic E-state index is 11.4. The largest absolute Gasteiger partial charge is 0.463 e. The lowest BCUT2D eigenvalue weighted by atomic mass is 10.2. The summed E-state index contributed by atoms with van der Waals surface area (Å²) in [6.45, 7) is 5.38. The molecule has 2 aromatic rings. The van der Waals surface area contributed by atoms with Gasteiger partial charge in [0.25, 0.3) is 0 Å². The van der Waals surface area contributed by atoms with Crippen molar-refractivity contribution in [1.29, 1.82) is 0 Å². The van der Waals surface area contributed by atoms with E-state index in [1.54, 1.807) is 7.05 Å². The molecule has 4 N–H and O–H groups in total. The summed E-state index contributed by atoms with van der Waals surface area (Å²) < 4.78 is 5.67. The number of nitrogens with zero attached hydrogens (tertiary/aromatic N) is 4. The standard InChI is InChI=1S/C21H32N7O2P/c1-3-4-11-30-21-26-19(22)18(23-2)20(27-21)28(9-10-29)15-16-5-6-17(25-14-16)31-12-7-24-8-13-31/h5-6,10,14,23-24H,3-4,7-9,11-13,15H2,1-2H3,(H2,22,26,27). The van der Waals surface area contributed by atoms with Gasteiger partial charge in [-0.2, -0.15) is 9.97 Å². The number of nitrogens with two attached hydrogens (primary N) is 1. The number of hydrogen-bond acceptors (Lipinski definition) is 9. The van der Waals surface area contributed by atoms with Gasteiger partial charge in [-0.1, -0.05) is 27.3 Å². The quantitative estimate of drug-likeness (QED) is 0.269. The Morgan fingerprint density at radius 2 is 2.13 bits per heavy atom. The monoisotopic (exact) mass is 445 g/mol. The Balaban J connectivity index is 1.81. The van der Waals surface area contributed by atoms with Gasteiger partial charge >= 0.3 is 6.01 Å². The second kappa shape index (κ2) is 11.8. The van der Waals surface area contributed by atoms with Crippen molar-refractivity contribution < 1.29 is 9.53 Å². The molecule has 3 rings (SSSR count). The number of pyridine rings is 1. The first-order valence-electron chi connectivity index (χ1n) is 10.7. The number of nitrogens with one attached hydrogen (secondary N) is 2. The van der Waals surface area contributed by atoms with Gasteiger partial charge in [-0.25, -0.2) is 0 Å². The van der Waals surface area contributed by atoms with Crippen LogP contribution in [-0.2, 0) is 11.3 Å². The number of ether oxygens (including phenoxy) is 1. The SMILES string of the molecule is CCCCOc1nc(N)c(NC)c(N(CC=O)Cc2ccc(P3CCNCC3)nc2)n1. The summed E-state index contributed by atoms with van der Waals surface area (Å²) in [7, 11) is 1.58. The van der Waals surface area contributed by atoms with E-state index in [1.807, 2.05) is 11.1 Å². The second-order valence-corrected chi connectivity index (χ2v) is 9.78. The molecule has 0 unspecified atom stereocenters. The van der Waals surface area contributed by atoms with Crippen LogP contribution in [0.25, 0.3) is 0 Å². The molecule has 1 fully saturated rings. The van der Waals surface area contributed by atoms with Gasteiger partial charge in [0.05, 0.1) is 18.6 Å². The second-order valence-electron chi connectivity index (χ2n) is 7.35. The highest BCUT2D eigenvalue weighted by Crippen LogP contribution is 2.34. The van der Waals surface area contributed by atoms with E-state index >= 15 is 0 Å². The minimum atomic E-state index is -0.181. The van der Waals surface area contributed by atoms with Crippen LogP contribution in [0.15, 0.2) is 18.3 Å². The number of anilines is 3. The number of unbranched alkanes of at least 4 members (excludes halogenated alkanes) is 1. The first-order chi connectivity index (χ1) is 15.2. The Morgan fingerprint density at radius 3 is 2.77 bits per heavy atom. The van der Waals surface area contributed by atoms with Crippen LogP contribution >= 0.6 is 7.92 Å². The number of carbonyl (C=O) groups is 1. The van der Waals surface area contributed by atoms with Gasteiger partial charge in [0.2, 0.25) is 0 Å². The Morgan fingerprint density at radius 1 is 1.32 bits per heavy atom. The maximum Gasteiger partial charge on any atom is 0.320 e. The van der Waals surface area contributed by atoms with Crippen molar-refractivity contribution in [2.45, 2.75) is 26.3 Å². The summed E-state index contributed by atoms with van der Waals surface area (Å²) in [5, 5.41) is 6.45. The molecule has 1 saturated heterocycles. The lowest BCUT2D eigenvalue weighted by molar-refractivity contribution is -0.106. The van der Waals surface area contributed by atoms with Crippen LogP contribution in [0, 0.1) is 0 Å². The molecule has 0 aromatic carbocycles. The summed E-state index contributed by atoms with van der Waals surface area (Å²) in [5.74, 6) is 0.831. The molecule has 2 aromatic heterocycles. The zero-order chi connectivity index (χ0) is 22.1. The fourth-order valence-corrected chi connectivity index (χ4v) is 5.46. The molecule has 10 heteroatoms. The van der Waals surface area contributed by atoms with Crippen molar-refractivity contribution in [3.63, 3.8) is 0 Å². The highest BCUT2D eigenvalue weighted by molar-refractivity contribution is 7.65. The van der Waals surface area contributed by atoms with Crippen molar-refractivity contribution in [1.82, 2.24) is 20.3 Å². The Labute approximate surface area is 184 Å². The topological polar surface area (TPSA) is 118 Å².